The number of carbonyl (C=O) groups excluding carboxylic acids is 1. The zero-order valence-electron chi connectivity index (χ0n) is 12.3. The summed E-state index contributed by atoms with van der Waals surface area (Å²) in [4.78, 5) is 20.0. The first-order valence-corrected chi connectivity index (χ1v) is 7.02. The zero-order valence-corrected chi connectivity index (χ0v) is 12.3. The van der Waals surface area contributed by atoms with Crippen molar-refractivity contribution in [3.05, 3.63) is 78.3 Å². The van der Waals surface area contributed by atoms with E-state index in [1.54, 1.807) is 24.3 Å². The Balaban J connectivity index is 1.70. The Kier molecular flexibility index (Phi) is 4.42. The Hall–Kier alpha value is -3.35. The van der Waals surface area contributed by atoms with Gasteiger partial charge in [-0.15, -0.1) is 0 Å². The molecule has 3 aromatic rings. The van der Waals surface area contributed by atoms with Gasteiger partial charge in [0.1, 0.15) is 23.1 Å². The average Bonchev–Trinajstić information content (AvgIpc) is 2.59. The Morgan fingerprint density at radius 1 is 0.958 bits per heavy atom. The summed E-state index contributed by atoms with van der Waals surface area (Å²) in [6.07, 6.45) is 2.56. The minimum atomic E-state index is -0.748. The number of halogens is 2. The second-order valence-corrected chi connectivity index (χ2v) is 4.86. The van der Waals surface area contributed by atoms with Gasteiger partial charge >= 0.3 is 0 Å². The summed E-state index contributed by atoms with van der Waals surface area (Å²) in [5, 5.41) is 5.35. The normalized spacial score (nSPS) is 10.2. The lowest BCUT2D eigenvalue weighted by atomic mass is 10.3. The summed E-state index contributed by atoms with van der Waals surface area (Å²) in [6, 6.07) is 12.1. The molecule has 0 fully saturated rings. The van der Waals surface area contributed by atoms with Crippen molar-refractivity contribution in [1.29, 1.82) is 0 Å². The number of nitrogens with one attached hydrogen (secondary N) is 2. The molecule has 24 heavy (non-hydrogen) atoms. The lowest BCUT2D eigenvalue weighted by Crippen LogP contribution is -2.14. The monoisotopic (exact) mass is 326 g/mol. The van der Waals surface area contributed by atoms with Crippen LogP contribution < -0.4 is 10.6 Å². The molecule has 3 rings (SSSR count). The van der Waals surface area contributed by atoms with E-state index >= 15 is 0 Å². The van der Waals surface area contributed by atoms with E-state index in [1.807, 2.05) is 6.07 Å². The van der Waals surface area contributed by atoms with Crippen LogP contribution in [0.1, 0.15) is 10.5 Å². The smallest absolute Gasteiger partial charge is 0.275 e. The van der Waals surface area contributed by atoms with E-state index in [9.17, 15) is 13.6 Å². The van der Waals surface area contributed by atoms with Crippen molar-refractivity contribution in [2.45, 2.75) is 0 Å². The molecular weight excluding hydrogens is 314 g/mol. The second kappa shape index (κ2) is 6.82. The van der Waals surface area contributed by atoms with Gasteiger partial charge in [0.2, 0.25) is 0 Å². The van der Waals surface area contributed by atoms with E-state index < -0.39 is 17.5 Å². The minimum Gasteiger partial charge on any atom is -0.337 e. The summed E-state index contributed by atoms with van der Waals surface area (Å²) in [6.45, 7) is 0. The van der Waals surface area contributed by atoms with E-state index in [1.165, 1.54) is 18.5 Å². The third-order valence-electron chi connectivity index (χ3n) is 3.11. The van der Waals surface area contributed by atoms with Crippen LogP contribution in [0.15, 0.2) is 60.9 Å². The molecule has 2 aromatic carbocycles. The van der Waals surface area contributed by atoms with Gasteiger partial charge in [-0.3, -0.25) is 4.79 Å². The molecule has 2 N–H and O–H groups in total. The molecule has 120 valence electrons. The summed E-state index contributed by atoms with van der Waals surface area (Å²) < 4.78 is 26.4. The van der Waals surface area contributed by atoms with E-state index in [4.69, 9.17) is 0 Å². The molecule has 1 heterocycles. The van der Waals surface area contributed by atoms with E-state index in [-0.39, 0.29) is 17.2 Å². The van der Waals surface area contributed by atoms with Crippen molar-refractivity contribution in [1.82, 2.24) is 9.97 Å². The average molecular weight is 326 g/mol. The molecule has 0 spiro atoms. The first kappa shape index (κ1) is 15.5. The van der Waals surface area contributed by atoms with E-state index in [2.05, 4.69) is 20.6 Å². The fraction of sp³-hybridized carbons (Fsp3) is 0. The molecule has 0 bridgehead atoms. The standard InChI is InChI=1S/C17H12F2N4O/c18-11-6-7-14(13(19)8-11)23-16-10-20-15(9-21-16)17(24)22-12-4-2-1-3-5-12/h1-10H,(H,21,23)(H,22,24). The highest BCUT2D eigenvalue weighted by Crippen LogP contribution is 2.19. The van der Waals surface area contributed by atoms with Crippen molar-refractivity contribution in [3.8, 4) is 0 Å². The van der Waals surface area contributed by atoms with Gasteiger partial charge in [-0.2, -0.15) is 0 Å². The number of rotatable bonds is 4. The van der Waals surface area contributed by atoms with Gasteiger partial charge in [-0.25, -0.2) is 18.7 Å². The lowest BCUT2D eigenvalue weighted by molar-refractivity contribution is 0.102. The molecule has 0 aliphatic rings. The van der Waals surface area contributed by atoms with Crippen molar-refractivity contribution in [3.63, 3.8) is 0 Å². The Morgan fingerprint density at radius 2 is 1.75 bits per heavy atom. The summed E-state index contributed by atoms with van der Waals surface area (Å²) in [5.74, 6) is -1.59. The SMILES string of the molecule is O=C(Nc1ccccc1)c1cnc(Nc2ccc(F)cc2F)cn1. The molecule has 0 aliphatic carbocycles. The van der Waals surface area contributed by atoms with Crippen LogP contribution in [0.5, 0.6) is 0 Å². The highest BCUT2D eigenvalue weighted by atomic mass is 19.1. The number of hydrogen-bond acceptors (Lipinski definition) is 4. The van der Waals surface area contributed by atoms with Gasteiger partial charge < -0.3 is 10.6 Å². The Morgan fingerprint density at radius 3 is 2.42 bits per heavy atom. The number of benzene rings is 2. The van der Waals surface area contributed by atoms with Crippen LogP contribution in [0.4, 0.5) is 26.0 Å². The molecule has 5 nitrogen and oxygen atoms in total. The number of amides is 1. The van der Waals surface area contributed by atoms with Gasteiger partial charge in [0.15, 0.2) is 0 Å². The number of aromatic nitrogens is 2. The van der Waals surface area contributed by atoms with Gasteiger partial charge in [0.05, 0.1) is 18.1 Å². The van der Waals surface area contributed by atoms with Crippen LogP contribution in [0.25, 0.3) is 0 Å². The molecular formula is C17H12F2N4O. The first-order chi connectivity index (χ1) is 11.6. The largest absolute Gasteiger partial charge is 0.337 e. The van der Waals surface area contributed by atoms with E-state index in [0.29, 0.717) is 5.69 Å². The molecule has 0 unspecified atom stereocenters. The molecule has 0 saturated heterocycles. The summed E-state index contributed by atoms with van der Waals surface area (Å²) >= 11 is 0. The second-order valence-electron chi connectivity index (χ2n) is 4.86. The maximum Gasteiger partial charge on any atom is 0.275 e. The Labute approximate surface area is 136 Å². The maximum absolute atomic E-state index is 13.6. The zero-order chi connectivity index (χ0) is 16.9. The predicted molar refractivity (Wildman–Crippen MR) is 86.1 cm³/mol. The predicted octanol–water partition coefficient (Wildman–Crippen LogP) is 3.75. The number of carbonyl (C=O) groups is 1. The molecule has 1 aromatic heterocycles. The quantitative estimate of drug-likeness (QED) is 0.766. The molecule has 0 aliphatic heterocycles. The third kappa shape index (κ3) is 3.70. The lowest BCUT2D eigenvalue weighted by Gasteiger charge is -2.07. The third-order valence-corrected chi connectivity index (χ3v) is 3.11. The topological polar surface area (TPSA) is 66.9 Å². The Bertz CT molecular complexity index is 854. The molecule has 7 heteroatoms. The van der Waals surface area contributed by atoms with Crippen molar-refractivity contribution < 1.29 is 13.6 Å². The molecule has 0 saturated carbocycles. The fourth-order valence-electron chi connectivity index (χ4n) is 1.96. The van der Waals surface area contributed by atoms with Crippen LogP contribution in [0.2, 0.25) is 0 Å². The van der Waals surface area contributed by atoms with Crippen LogP contribution >= 0.6 is 0 Å². The van der Waals surface area contributed by atoms with Crippen molar-refractivity contribution in [2.75, 3.05) is 10.6 Å². The van der Waals surface area contributed by atoms with Crippen molar-refractivity contribution >= 4 is 23.1 Å². The van der Waals surface area contributed by atoms with Crippen LogP contribution in [-0.4, -0.2) is 15.9 Å². The fourth-order valence-corrected chi connectivity index (χ4v) is 1.96. The summed E-state index contributed by atoms with van der Waals surface area (Å²) in [7, 11) is 0. The number of anilines is 3. The van der Waals surface area contributed by atoms with Crippen LogP contribution in [-0.2, 0) is 0 Å². The molecule has 1 amide bonds. The number of para-hydroxylation sites is 1. The summed E-state index contributed by atoms with van der Waals surface area (Å²) in [5.41, 5.74) is 0.816. The minimum absolute atomic E-state index is 0.0622. The highest BCUT2D eigenvalue weighted by Gasteiger charge is 2.09. The number of nitrogens with zero attached hydrogens (tertiary/aromatic N) is 2. The maximum atomic E-state index is 13.6. The van der Waals surface area contributed by atoms with Crippen LogP contribution in [0.3, 0.4) is 0 Å². The van der Waals surface area contributed by atoms with Gasteiger partial charge in [0.25, 0.3) is 5.91 Å². The van der Waals surface area contributed by atoms with Gasteiger partial charge in [0, 0.05) is 11.8 Å². The molecule has 0 atom stereocenters. The van der Waals surface area contributed by atoms with Gasteiger partial charge in [-0.1, -0.05) is 18.2 Å². The highest BCUT2D eigenvalue weighted by molar-refractivity contribution is 6.02. The first-order valence-electron chi connectivity index (χ1n) is 7.02. The van der Waals surface area contributed by atoms with E-state index in [0.717, 1.165) is 12.1 Å². The van der Waals surface area contributed by atoms with Crippen molar-refractivity contribution in [2.24, 2.45) is 0 Å². The van der Waals surface area contributed by atoms with Gasteiger partial charge in [-0.05, 0) is 24.3 Å². The molecule has 0 radical (unpaired) electrons. The van der Waals surface area contributed by atoms with Crippen LogP contribution in [0, 0.1) is 11.6 Å². The number of hydrogen-bond donors (Lipinski definition) is 2.